The van der Waals surface area contributed by atoms with E-state index in [1.54, 1.807) is 6.07 Å². The van der Waals surface area contributed by atoms with E-state index in [1.165, 1.54) is 19.3 Å². The Morgan fingerprint density at radius 2 is 2.00 bits per heavy atom. The van der Waals surface area contributed by atoms with Crippen molar-refractivity contribution in [3.63, 3.8) is 0 Å². The van der Waals surface area contributed by atoms with Crippen LogP contribution in [0.15, 0.2) is 0 Å². The largest absolute Gasteiger partial charge is 0.377 e. The van der Waals surface area contributed by atoms with Gasteiger partial charge in [-0.2, -0.15) is 5.26 Å². The van der Waals surface area contributed by atoms with Crippen LogP contribution in [0.5, 0.6) is 0 Å². The lowest BCUT2D eigenvalue weighted by atomic mass is 9.98. The van der Waals surface area contributed by atoms with Crippen molar-refractivity contribution >= 4 is 10.0 Å². The van der Waals surface area contributed by atoms with Gasteiger partial charge < -0.3 is 4.74 Å². The number of ether oxygens (including phenoxy) is 1. The van der Waals surface area contributed by atoms with Crippen LogP contribution in [-0.2, 0) is 14.8 Å². The highest BCUT2D eigenvalue weighted by molar-refractivity contribution is 7.89. The summed E-state index contributed by atoms with van der Waals surface area (Å²) in [5.41, 5.74) is 0. The first kappa shape index (κ1) is 13.4. The Balaban J connectivity index is 2.09. The topological polar surface area (TPSA) is 79.2 Å². The van der Waals surface area contributed by atoms with Gasteiger partial charge in [-0.15, -0.1) is 0 Å². The minimum absolute atomic E-state index is 0.251. The van der Waals surface area contributed by atoms with Crippen LogP contribution in [0.2, 0.25) is 0 Å². The molecule has 5 nitrogen and oxygen atoms in total. The fourth-order valence-electron chi connectivity index (χ4n) is 1.79. The van der Waals surface area contributed by atoms with Crippen molar-refractivity contribution in [2.75, 3.05) is 18.9 Å². The molecule has 6 heteroatoms. The SMILES string of the molecule is N#CCS(=O)(=O)NCCOC1CCCCC1. The van der Waals surface area contributed by atoms with Crippen LogP contribution < -0.4 is 4.72 Å². The maximum atomic E-state index is 11.1. The zero-order valence-corrected chi connectivity index (χ0v) is 10.1. The summed E-state index contributed by atoms with van der Waals surface area (Å²) in [7, 11) is -3.43. The summed E-state index contributed by atoms with van der Waals surface area (Å²) in [6.45, 7) is 0.635. The van der Waals surface area contributed by atoms with Crippen molar-refractivity contribution in [1.29, 1.82) is 5.26 Å². The lowest BCUT2D eigenvalue weighted by Gasteiger charge is -2.21. The molecule has 0 bridgehead atoms. The third-order valence-corrected chi connectivity index (χ3v) is 3.74. The van der Waals surface area contributed by atoms with Gasteiger partial charge in [0, 0.05) is 6.54 Å². The van der Waals surface area contributed by atoms with Gasteiger partial charge in [-0.05, 0) is 12.8 Å². The molecule has 1 aliphatic rings. The average Bonchev–Trinajstić information content (AvgIpc) is 2.26. The number of nitrogens with zero attached hydrogens (tertiary/aromatic N) is 1. The predicted molar refractivity (Wildman–Crippen MR) is 60.2 cm³/mol. The van der Waals surface area contributed by atoms with Gasteiger partial charge in [0.25, 0.3) is 0 Å². The summed E-state index contributed by atoms with van der Waals surface area (Å²) < 4.78 is 30.1. The Hall–Kier alpha value is -0.640. The van der Waals surface area contributed by atoms with Gasteiger partial charge in [0.2, 0.25) is 10.0 Å². The van der Waals surface area contributed by atoms with Gasteiger partial charge in [0.15, 0.2) is 5.75 Å². The third-order valence-electron chi connectivity index (χ3n) is 2.58. The van der Waals surface area contributed by atoms with Crippen LogP contribution in [0.1, 0.15) is 32.1 Å². The smallest absolute Gasteiger partial charge is 0.225 e. The maximum Gasteiger partial charge on any atom is 0.225 e. The van der Waals surface area contributed by atoms with E-state index in [4.69, 9.17) is 10.00 Å². The van der Waals surface area contributed by atoms with Crippen LogP contribution in [0.4, 0.5) is 0 Å². The van der Waals surface area contributed by atoms with E-state index in [-0.39, 0.29) is 12.6 Å². The van der Waals surface area contributed by atoms with E-state index >= 15 is 0 Å². The molecule has 0 aromatic rings. The summed E-state index contributed by atoms with van der Waals surface area (Å²) in [6.07, 6.45) is 6.11. The molecule has 92 valence electrons. The molecule has 0 aliphatic heterocycles. The number of nitriles is 1. The van der Waals surface area contributed by atoms with Gasteiger partial charge in [0.1, 0.15) is 0 Å². The highest BCUT2D eigenvalue weighted by Gasteiger charge is 2.14. The maximum absolute atomic E-state index is 11.1. The molecule has 0 heterocycles. The Morgan fingerprint density at radius 1 is 1.31 bits per heavy atom. The number of rotatable bonds is 6. The van der Waals surface area contributed by atoms with Gasteiger partial charge in [0.05, 0.1) is 18.8 Å². The van der Waals surface area contributed by atoms with Crippen molar-refractivity contribution in [1.82, 2.24) is 4.72 Å². The van der Waals surface area contributed by atoms with E-state index in [1.807, 2.05) is 0 Å². The highest BCUT2D eigenvalue weighted by atomic mass is 32.2. The number of nitrogens with one attached hydrogen (secondary N) is 1. The van der Waals surface area contributed by atoms with Gasteiger partial charge in [-0.1, -0.05) is 19.3 Å². The predicted octanol–water partition coefficient (Wildman–Crippen LogP) is 0.779. The first-order valence-corrected chi connectivity index (χ1v) is 7.25. The minimum Gasteiger partial charge on any atom is -0.377 e. The van der Waals surface area contributed by atoms with Crippen LogP contribution in [0.25, 0.3) is 0 Å². The molecule has 0 atom stereocenters. The van der Waals surface area contributed by atoms with Gasteiger partial charge in [-0.3, -0.25) is 0 Å². The first-order chi connectivity index (χ1) is 7.64. The second-order valence-corrected chi connectivity index (χ2v) is 5.75. The molecular formula is C10H18N2O3S. The third kappa shape index (κ3) is 5.45. The van der Waals surface area contributed by atoms with Crippen LogP contribution in [-0.4, -0.2) is 33.4 Å². The van der Waals surface area contributed by atoms with Crippen molar-refractivity contribution in [2.45, 2.75) is 38.2 Å². The summed E-state index contributed by atoms with van der Waals surface area (Å²) >= 11 is 0. The normalized spacial score (nSPS) is 18.2. The number of hydrogen-bond donors (Lipinski definition) is 1. The lowest BCUT2D eigenvalue weighted by molar-refractivity contribution is 0.0321. The van der Waals surface area contributed by atoms with E-state index in [0.29, 0.717) is 6.61 Å². The standard InChI is InChI=1S/C10H18N2O3S/c11-6-9-16(13,14)12-7-8-15-10-4-2-1-3-5-10/h10,12H,1-5,7-9H2. The molecular weight excluding hydrogens is 228 g/mol. The van der Waals surface area contributed by atoms with E-state index in [2.05, 4.69) is 4.72 Å². The molecule has 1 rings (SSSR count). The molecule has 16 heavy (non-hydrogen) atoms. The molecule has 0 amide bonds. The van der Waals surface area contributed by atoms with Crippen LogP contribution >= 0.6 is 0 Å². The Kier molecular flexibility index (Phi) is 5.74. The number of hydrogen-bond acceptors (Lipinski definition) is 4. The molecule has 0 radical (unpaired) electrons. The van der Waals surface area contributed by atoms with E-state index < -0.39 is 15.8 Å². The van der Waals surface area contributed by atoms with Crippen molar-refractivity contribution < 1.29 is 13.2 Å². The van der Waals surface area contributed by atoms with Gasteiger partial charge in [-0.25, -0.2) is 13.1 Å². The molecule has 1 N–H and O–H groups in total. The summed E-state index contributed by atoms with van der Waals surface area (Å²) in [5, 5.41) is 8.26. The molecule has 0 aromatic carbocycles. The molecule has 1 saturated carbocycles. The first-order valence-electron chi connectivity index (χ1n) is 5.60. The zero-order valence-electron chi connectivity index (χ0n) is 9.31. The van der Waals surface area contributed by atoms with Crippen molar-refractivity contribution in [3.05, 3.63) is 0 Å². The molecule has 0 unspecified atom stereocenters. The van der Waals surface area contributed by atoms with Crippen LogP contribution in [0.3, 0.4) is 0 Å². The number of sulfonamides is 1. The monoisotopic (exact) mass is 246 g/mol. The second kappa shape index (κ2) is 6.84. The molecule has 0 saturated heterocycles. The van der Waals surface area contributed by atoms with Crippen molar-refractivity contribution in [2.24, 2.45) is 0 Å². The van der Waals surface area contributed by atoms with Gasteiger partial charge >= 0.3 is 0 Å². The highest BCUT2D eigenvalue weighted by Crippen LogP contribution is 2.19. The minimum atomic E-state index is -3.43. The lowest BCUT2D eigenvalue weighted by Crippen LogP contribution is -2.30. The fourth-order valence-corrected chi connectivity index (χ4v) is 2.46. The average molecular weight is 246 g/mol. The van der Waals surface area contributed by atoms with E-state index in [0.717, 1.165) is 12.8 Å². The zero-order chi connectivity index (χ0) is 11.9. The summed E-state index contributed by atoms with van der Waals surface area (Å²) in [4.78, 5) is 0. The second-order valence-electron chi connectivity index (χ2n) is 3.94. The summed E-state index contributed by atoms with van der Waals surface area (Å²) in [5.74, 6) is -0.490. The molecule has 1 fully saturated rings. The van der Waals surface area contributed by atoms with E-state index in [9.17, 15) is 8.42 Å². The Bertz CT molecular complexity index is 328. The molecule has 0 aromatic heterocycles. The Labute approximate surface area is 96.8 Å². The molecule has 0 spiro atoms. The quantitative estimate of drug-likeness (QED) is 0.702. The fraction of sp³-hybridized carbons (Fsp3) is 0.900. The Morgan fingerprint density at radius 3 is 2.62 bits per heavy atom. The summed E-state index contributed by atoms with van der Waals surface area (Å²) in [6, 6.07) is 1.61. The molecule has 1 aliphatic carbocycles. The van der Waals surface area contributed by atoms with Crippen LogP contribution in [0, 0.1) is 11.3 Å². The van der Waals surface area contributed by atoms with Crippen molar-refractivity contribution in [3.8, 4) is 6.07 Å².